The highest BCUT2D eigenvalue weighted by molar-refractivity contribution is 5.95. The largest absolute Gasteiger partial charge is 0.478 e. The number of carbonyl (C=O) groups is 2. The van der Waals surface area contributed by atoms with Crippen molar-refractivity contribution < 1.29 is 24.2 Å². The number of aliphatic hydroxyl groups is 1. The van der Waals surface area contributed by atoms with Crippen molar-refractivity contribution in [3.8, 4) is 0 Å². The van der Waals surface area contributed by atoms with E-state index in [-0.39, 0.29) is 18.7 Å². The number of amides is 1. The predicted molar refractivity (Wildman–Crippen MR) is 76.4 cm³/mol. The number of hydrogen-bond acceptors (Lipinski definition) is 3. The molecule has 1 rings (SSSR count). The monoisotopic (exact) mass is 295 g/mol. The lowest BCUT2D eigenvalue weighted by atomic mass is 10.1. The number of benzene rings is 1. The number of halogens is 1. The Labute approximate surface area is 122 Å². The third-order valence-electron chi connectivity index (χ3n) is 2.79. The van der Waals surface area contributed by atoms with Crippen molar-refractivity contribution in [1.29, 1.82) is 0 Å². The fourth-order valence-corrected chi connectivity index (χ4v) is 1.85. The van der Waals surface area contributed by atoms with Crippen LogP contribution in [0.4, 0.5) is 4.39 Å². The van der Waals surface area contributed by atoms with Crippen LogP contribution >= 0.6 is 0 Å². The molecule has 5 nitrogen and oxygen atoms in total. The fourth-order valence-electron chi connectivity index (χ4n) is 1.85. The van der Waals surface area contributed by atoms with Gasteiger partial charge in [0, 0.05) is 19.2 Å². The molecule has 0 saturated carbocycles. The Balaban J connectivity index is 2.97. The minimum absolute atomic E-state index is 0.0932. The summed E-state index contributed by atoms with van der Waals surface area (Å²) in [5.74, 6) is -2.34. The summed E-state index contributed by atoms with van der Waals surface area (Å²) in [5, 5.41) is 17.5. The molecular formula is C15H18FNO4. The Morgan fingerprint density at radius 1 is 1.33 bits per heavy atom. The molecule has 0 aliphatic carbocycles. The predicted octanol–water partition coefficient (Wildman–Crippen LogP) is 1.77. The molecule has 2 N–H and O–H groups in total. The maximum atomic E-state index is 14.0. The quantitative estimate of drug-likeness (QED) is 0.751. The van der Waals surface area contributed by atoms with Crippen molar-refractivity contribution >= 4 is 18.0 Å². The van der Waals surface area contributed by atoms with Gasteiger partial charge in [-0.05, 0) is 30.2 Å². The van der Waals surface area contributed by atoms with E-state index in [9.17, 15) is 14.0 Å². The van der Waals surface area contributed by atoms with Gasteiger partial charge in [0.1, 0.15) is 5.82 Å². The highest BCUT2D eigenvalue weighted by Gasteiger charge is 2.18. The highest BCUT2D eigenvalue weighted by Crippen LogP contribution is 2.14. The Bertz CT molecular complexity index is 536. The van der Waals surface area contributed by atoms with Crippen molar-refractivity contribution in [2.45, 2.75) is 13.3 Å². The summed E-state index contributed by atoms with van der Waals surface area (Å²) in [4.78, 5) is 24.0. The van der Waals surface area contributed by atoms with Crippen molar-refractivity contribution in [3.05, 3.63) is 41.2 Å². The second-order valence-corrected chi connectivity index (χ2v) is 4.43. The first-order chi connectivity index (χ1) is 9.99. The van der Waals surface area contributed by atoms with E-state index in [2.05, 4.69) is 0 Å². The lowest BCUT2D eigenvalue weighted by molar-refractivity contribution is -0.131. The molecule has 0 saturated heterocycles. The van der Waals surface area contributed by atoms with Crippen LogP contribution in [0.3, 0.4) is 0 Å². The number of carbonyl (C=O) groups excluding carboxylic acids is 1. The number of rotatable bonds is 7. The molecule has 114 valence electrons. The Morgan fingerprint density at radius 2 is 2.05 bits per heavy atom. The first-order valence-electron chi connectivity index (χ1n) is 6.60. The van der Waals surface area contributed by atoms with E-state index in [0.29, 0.717) is 18.5 Å². The molecule has 0 bridgehead atoms. The molecule has 1 aromatic carbocycles. The summed E-state index contributed by atoms with van der Waals surface area (Å²) in [7, 11) is 0. The average molecular weight is 295 g/mol. The lowest BCUT2D eigenvalue weighted by Crippen LogP contribution is -2.34. The summed E-state index contributed by atoms with van der Waals surface area (Å²) in [6.45, 7) is 2.27. The van der Waals surface area contributed by atoms with E-state index >= 15 is 0 Å². The van der Waals surface area contributed by atoms with Gasteiger partial charge in [-0.15, -0.1) is 0 Å². The van der Waals surface area contributed by atoms with E-state index in [4.69, 9.17) is 10.2 Å². The molecule has 0 fully saturated rings. The normalized spacial score (nSPS) is 10.8. The molecule has 21 heavy (non-hydrogen) atoms. The van der Waals surface area contributed by atoms with E-state index in [0.717, 1.165) is 12.1 Å². The highest BCUT2D eigenvalue weighted by atomic mass is 19.1. The fraction of sp³-hybridized carbons (Fsp3) is 0.333. The first-order valence-corrected chi connectivity index (χ1v) is 6.60. The molecule has 1 amide bonds. The number of carboxylic acids is 1. The maximum Gasteiger partial charge on any atom is 0.328 e. The molecule has 0 atom stereocenters. The topological polar surface area (TPSA) is 77.8 Å². The van der Waals surface area contributed by atoms with Gasteiger partial charge in [-0.2, -0.15) is 0 Å². The molecule has 0 heterocycles. The van der Waals surface area contributed by atoms with Crippen LogP contribution in [0.5, 0.6) is 0 Å². The zero-order valence-corrected chi connectivity index (χ0v) is 11.8. The third-order valence-corrected chi connectivity index (χ3v) is 2.79. The van der Waals surface area contributed by atoms with Gasteiger partial charge in [0.15, 0.2) is 0 Å². The van der Waals surface area contributed by atoms with Crippen molar-refractivity contribution in [2.24, 2.45) is 0 Å². The van der Waals surface area contributed by atoms with Crippen LogP contribution in [0, 0.1) is 5.82 Å². The average Bonchev–Trinajstić information content (AvgIpc) is 2.44. The Morgan fingerprint density at radius 3 is 2.57 bits per heavy atom. The van der Waals surface area contributed by atoms with Gasteiger partial charge in [-0.3, -0.25) is 4.79 Å². The summed E-state index contributed by atoms with van der Waals surface area (Å²) in [5.41, 5.74) is 0.264. The number of hydrogen-bond donors (Lipinski definition) is 2. The Kier molecular flexibility index (Phi) is 6.55. The summed E-state index contributed by atoms with van der Waals surface area (Å²) >= 11 is 0. The second-order valence-electron chi connectivity index (χ2n) is 4.43. The zero-order valence-electron chi connectivity index (χ0n) is 11.8. The summed E-state index contributed by atoms with van der Waals surface area (Å²) < 4.78 is 14.0. The SMILES string of the molecule is CCCN(CCO)C(=O)c1ccc(C=CC(=O)O)cc1F. The van der Waals surface area contributed by atoms with Crippen LogP contribution in [0.2, 0.25) is 0 Å². The third kappa shape index (κ3) is 5.00. The molecule has 0 radical (unpaired) electrons. The standard InChI is InChI=1S/C15H18FNO4/c1-2-7-17(8-9-18)15(21)12-5-3-11(10-13(12)16)4-6-14(19)20/h3-6,10,18H,2,7-9H2,1H3,(H,19,20). The van der Waals surface area contributed by atoms with E-state index in [1.807, 2.05) is 6.92 Å². The van der Waals surface area contributed by atoms with E-state index in [1.54, 1.807) is 0 Å². The second kappa shape index (κ2) is 8.16. The molecule has 6 heteroatoms. The summed E-state index contributed by atoms with van der Waals surface area (Å²) in [6, 6.07) is 3.90. The molecule has 0 aromatic heterocycles. The molecule has 0 aliphatic heterocycles. The van der Waals surface area contributed by atoms with Gasteiger partial charge in [-0.1, -0.05) is 13.0 Å². The van der Waals surface area contributed by atoms with Crippen LogP contribution in [-0.4, -0.2) is 46.7 Å². The van der Waals surface area contributed by atoms with Crippen molar-refractivity contribution in [3.63, 3.8) is 0 Å². The van der Waals surface area contributed by atoms with Crippen LogP contribution in [0.15, 0.2) is 24.3 Å². The zero-order chi connectivity index (χ0) is 15.8. The number of nitrogens with zero attached hydrogens (tertiary/aromatic N) is 1. The number of carboxylic acid groups (broad SMARTS) is 1. The van der Waals surface area contributed by atoms with E-state index < -0.39 is 17.7 Å². The molecule has 0 unspecified atom stereocenters. The van der Waals surface area contributed by atoms with Gasteiger partial charge in [0.05, 0.1) is 12.2 Å². The van der Waals surface area contributed by atoms with Crippen LogP contribution in [0.25, 0.3) is 6.08 Å². The molecular weight excluding hydrogens is 277 g/mol. The maximum absolute atomic E-state index is 14.0. The minimum Gasteiger partial charge on any atom is -0.478 e. The molecule has 0 spiro atoms. The lowest BCUT2D eigenvalue weighted by Gasteiger charge is -2.21. The van der Waals surface area contributed by atoms with E-state index in [1.165, 1.54) is 23.1 Å². The van der Waals surface area contributed by atoms with Crippen LogP contribution in [0.1, 0.15) is 29.3 Å². The van der Waals surface area contributed by atoms with Crippen molar-refractivity contribution in [2.75, 3.05) is 19.7 Å². The van der Waals surface area contributed by atoms with Crippen molar-refractivity contribution in [1.82, 2.24) is 4.90 Å². The van der Waals surface area contributed by atoms with Gasteiger partial charge >= 0.3 is 5.97 Å². The van der Waals surface area contributed by atoms with Gasteiger partial charge in [0.25, 0.3) is 5.91 Å². The molecule has 1 aromatic rings. The van der Waals surface area contributed by atoms with Gasteiger partial charge in [0.2, 0.25) is 0 Å². The smallest absolute Gasteiger partial charge is 0.328 e. The van der Waals surface area contributed by atoms with Crippen LogP contribution < -0.4 is 0 Å². The molecule has 0 aliphatic rings. The minimum atomic E-state index is -1.13. The first kappa shape index (κ1) is 16.8. The number of aliphatic hydroxyl groups excluding tert-OH is 1. The van der Waals surface area contributed by atoms with Crippen LogP contribution in [-0.2, 0) is 4.79 Å². The number of aliphatic carboxylic acids is 1. The van der Waals surface area contributed by atoms with Gasteiger partial charge in [-0.25, -0.2) is 9.18 Å². The van der Waals surface area contributed by atoms with Gasteiger partial charge < -0.3 is 15.1 Å². The summed E-state index contributed by atoms with van der Waals surface area (Å²) in [6.07, 6.45) is 2.84. The Hall–Kier alpha value is -2.21.